The summed E-state index contributed by atoms with van der Waals surface area (Å²) in [5, 5.41) is 12.1. The van der Waals surface area contributed by atoms with Crippen LogP contribution in [0.15, 0.2) is 53.7 Å². The maximum Gasteiger partial charge on any atom is 0.234 e. The van der Waals surface area contributed by atoms with Crippen molar-refractivity contribution < 1.29 is 9.53 Å². The van der Waals surface area contributed by atoms with Gasteiger partial charge < -0.3 is 14.6 Å². The molecule has 0 bridgehead atoms. The molecule has 0 fully saturated rings. The van der Waals surface area contributed by atoms with Crippen molar-refractivity contribution in [3.05, 3.63) is 54.1 Å². The number of aromatic nitrogens is 3. The number of nitrogens with zero attached hydrogens (tertiary/aromatic N) is 3. The van der Waals surface area contributed by atoms with Gasteiger partial charge >= 0.3 is 0 Å². The van der Waals surface area contributed by atoms with E-state index in [-0.39, 0.29) is 11.7 Å². The highest BCUT2D eigenvalue weighted by molar-refractivity contribution is 7.99. The third-order valence-corrected chi connectivity index (χ3v) is 5.40. The topological polar surface area (TPSA) is 69.0 Å². The van der Waals surface area contributed by atoms with Gasteiger partial charge in [-0.3, -0.25) is 4.79 Å². The standard InChI is InChI=1S/C21H24N4O2S/c1-14(2)15-9-11-16(12-10-15)22-19(26)13-28-21-24-23-20(25(21)3)17-7-5-6-8-18(17)27-4/h5-12,14H,13H2,1-4H3,(H,22,26). The van der Waals surface area contributed by atoms with Gasteiger partial charge in [0.2, 0.25) is 5.91 Å². The number of rotatable bonds is 7. The zero-order chi connectivity index (χ0) is 20.1. The number of methoxy groups -OCH3 is 1. The number of amides is 1. The van der Waals surface area contributed by atoms with E-state index < -0.39 is 0 Å². The Balaban J connectivity index is 1.63. The van der Waals surface area contributed by atoms with Gasteiger partial charge in [-0.05, 0) is 35.7 Å². The molecule has 0 aliphatic rings. The van der Waals surface area contributed by atoms with E-state index in [1.165, 1.54) is 17.3 Å². The van der Waals surface area contributed by atoms with E-state index in [0.717, 1.165) is 17.0 Å². The first-order chi connectivity index (χ1) is 13.5. The zero-order valence-corrected chi connectivity index (χ0v) is 17.3. The van der Waals surface area contributed by atoms with Crippen molar-refractivity contribution >= 4 is 23.4 Å². The minimum Gasteiger partial charge on any atom is -0.496 e. The third-order valence-electron chi connectivity index (χ3n) is 4.38. The van der Waals surface area contributed by atoms with Crippen molar-refractivity contribution in [2.45, 2.75) is 24.9 Å². The summed E-state index contributed by atoms with van der Waals surface area (Å²) in [6.07, 6.45) is 0. The van der Waals surface area contributed by atoms with Crippen LogP contribution in [0.25, 0.3) is 11.4 Å². The Kier molecular flexibility index (Phi) is 6.36. The van der Waals surface area contributed by atoms with Crippen LogP contribution in [0, 0.1) is 0 Å². The molecule has 1 N–H and O–H groups in total. The maximum absolute atomic E-state index is 12.3. The second-order valence-corrected chi connectivity index (χ2v) is 7.62. The van der Waals surface area contributed by atoms with E-state index in [1.807, 2.05) is 60.1 Å². The molecule has 6 nitrogen and oxygen atoms in total. The lowest BCUT2D eigenvalue weighted by Gasteiger charge is -2.09. The summed E-state index contributed by atoms with van der Waals surface area (Å²) >= 11 is 1.35. The number of carbonyl (C=O) groups excluding carboxylic acids is 1. The van der Waals surface area contributed by atoms with Crippen molar-refractivity contribution in [3.63, 3.8) is 0 Å². The molecule has 0 unspecified atom stereocenters. The zero-order valence-electron chi connectivity index (χ0n) is 16.5. The van der Waals surface area contributed by atoms with Gasteiger partial charge in [0.05, 0.1) is 18.4 Å². The molecule has 3 rings (SSSR count). The summed E-state index contributed by atoms with van der Waals surface area (Å²) in [5.74, 6) is 2.07. The molecule has 0 saturated heterocycles. The van der Waals surface area contributed by atoms with Crippen LogP contribution in [-0.4, -0.2) is 33.5 Å². The minimum absolute atomic E-state index is 0.0795. The smallest absolute Gasteiger partial charge is 0.234 e. The fourth-order valence-corrected chi connectivity index (χ4v) is 3.49. The predicted molar refractivity (Wildman–Crippen MR) is 113 cm³/mol. The van der Waals surface area contributed by atoms with Crippen molar-refractivity contribution in [1.29, 1.82) is 0 Å². The lowest BCUT2D eigenvalue weighted by Crippen LogP contribution is -2.14. The number of nitrogens with one attached hydrogen (secondary N) is 1. The summed E-state index contributed by atoms with van der Waals surface area (Å²) in [4.78, 5) is 12.3. The molecule has 0 aliphatic carbocycles. The Labute approximate surface area is 169 Å². The highest BCUT2D eigenvalue weighted by Crippen LogP contribution is 2.30. The molecule has 7 heteroatoms. The normalized spacial score (nSPS) is 10.9. The molecular formula is C21H24N4O2S. The molecule has 1 aromatic heterocycles. The Bertz CT molecular complexity index is 951. The molecule has 146 valence electrons. The molecular weight excluding hydrogens is 372 g/mol. The molecule has 2 aromatic carbocycles. The summed E-state index contributed by atoms with van der Waals surface area (Å²) in [5.41, 5.74) is 2.90. The van der Waals surface area contributed by atoms with Gasteiger partial charge in [-0.25, -0.2) is 0 Å². The van der Waals surface area contributed by atoms with Gasteiger partial charge in [-0.2, -0.15) is 0 Å². The van der Waals surface area contributed by atoms with Crippen LogP contribution >= 0.6 is 11.8 Å². The summed E-state index contributed by atoms with van der Waals surface area (Å²) in [7, 11) is 3.51. The molecule has 0 aliphatic heterocycles. The van der Waals surface area contributed by atoms with Crippen LogP contribution < -0.4 is 10.1 Å². The fourth-order valence-electron chi connectivity index (χ4n) is 2.78. The number of hydrogen-bond donors (Lipinski definition) is 1. The summed E-state index contributed by atoms with van der Waals surface area (Å²) < 4.78 is 7.27. The Morgan fingerprint density at radius 3 is 2.54 bits per heavy atom. The highest BCUT2D eigenvalue weighted by atomic mass is 32.2. The molecule has 28 heavy (non-hydrogen) atoms. The van der Waals surface area contributed by atoms with E-state index in [0.29, 0.717) is 16.9 Å². The summed E-state index contributed by atoms with van der Waals surface area (Å²) in [6, 6.07) is 15.6. The Morgan fingerprint density at radius 1 is 1.14 bits per heavy atom. The third kappa shape index (κ3) is 4.54. The van der Waals surface area contributed by atoms with E-state index in [2.05, 4.69) is 29.4 Å². The quantitative estimate of drug-likeness (QED) is 0.602. The van der Waals surface area contributed by atoms with Crippen molar-refractivity contribution in [3.8, 4) is 17.1 Å². The minimum atomic E-state index is -0.0795. The lowest BCUT2D eigenvalue weighted by molar-refractivity contribution is -0.113. The Morgan fingerprint density at radius 2 is 1.86 bits per heavy atom. The monoisotopic (exact) mass is 396 g/mol. The predicted octanol–water partition coefficient (Wildman–Crippen LogP) is 4.34. The number of hydrogen-bond acceptors (Lipinski definition) is 5. The molecule has 0 saturated carbocycles. The number of thioether (sulfide) groups is 1. The average molecular weight is 397 g/mol. The largest absolute Gasteiger partial charge is 0.496 e. The molecule has 0 radical (unpaired) electrons. The number of para-hydroxylation sites is 1. The molecule has 0 spiro atoms. The van der Waals surface area contributed by atoms with Gasteiger partial charge in [-0.15, -0.1) is 10.2 Å². The van der Waals surface area contributed by atoms with Crippen molar-refractivity contribution in [2.24, 2.45) is 7.05 Å². The number of carbonyl (C=O) groups is 1. The van der Waals surface area contributed by atoms with Crippen LogP contribution in [0.2, 0.25) is 0 Å². The van der Waals surface area contributed by atoms with Gasteiger partial charge in [0.25, 0.3) is 0 Å². The first kappa shape index (κ1) is 19.9. The van der Waals surface area contributed by atoms with E-state index in [4.69, 9.17) is 4.74 Å². The van der Waals surface area contributed by atoms with Crippen LogP contribution in [0.5, 0.6) is 5.75 Å². The second kappa shape index (κ2) is 8.93. The molecule has 0 atom stereocenters. The Hall–Kier alpha value is -2.80. The van der Waals surface area contributed by atoms with E-state index in [1.54, 1.807) is 7.11 Å². The van der Waals surface area contributed by atoms with Crippen molar-refractivity contribution in [1.82, 2.24) is 14.8 Å². The van der Waals surface area contributed by atoms with Gasteiger partial charge in [-0.1, -0.05) is 49.9 Å². The van der Waals surface area contributed by atoms with Gasteiger partial charge in [0.1, 0.15) is 5.75 Å². The van der Waals surface area contributed by atoms with Crippen LogP contribution in [0.4, 0.5) is 5.69 Å². The average Bonchev–Trinajstić information content (AvgIpc) is 3.07. The maximum atomic E-state index is 12.3. The molecule has 3 aromatic rings. The van der Waals surface area contributed by atoms with Crippen LogP contribution in [0.3, 0.4) is 0 Å². The number of ether oxygens (including phenoxy) is 1. The highest BCUT2D eigenvalue weighted by Gasteiger charge is 2.16. The van der Waals surface area contributed by atoms with E-state index >= 15 is 0 Å². The first-order valence-electron chi connectivity index (χ1n) is 9.05. The van der Waals surface area contributed by atoms with Gasteiger partial charge in [0, 0.05) is 12.7 Å². The SMILES string of the molecule is COc1ccccc1-c1nnc(SCC(=O)Nc2ccc(C(C)C)cc2)n1C. The second-order valence-electron chi connectivity index (χ2n) is 6.68. The first-order valence-corrected chi connectivity index (χ1v) is 10.0. The van der Waals surface area contributed by atoms with E-state index in [9.17, 15) is 4.79 Å². The number of benzene rings is 2. The molecule has 1 amide bonds. The summed E-state index contributed by atoms with van der Waals surface area (Å²) in [6.45, 7) is 4.29. The molecule has 1 heterocycles. The fraction of sp³-hybridized carbons (Fsp3) is 0.286. The van der Waals surface area contributed by atoms with Crippen LogP contribution in [-0.2, 0) is 11.8 Å². The van der Waals surface area contributed by atoms with Crippen molar-refractivity contribution in [2.75, 3.05) is 18.2 Å². The van der Waals surface area contributed by atoms with Crippen LogP contribution in [0.1, 0.15) is 25.3 Å². The number of anilines is 1. The van der Waals surface area contributed by atoms with Gasteiger partial charge in [0.15, 0.2) is 11.0 Å². The lowest BCUT2D eigenvalue weighted by atomic mass is 10.0.